The lowest BCUT2D eigenvalue weighted by Gasteiger charge is -2.10. The highest BCUT2D eigenvalue weighted by Crippen LogP contribution is 2.30. The van der Waals surface area contributed by atoms with Crippen LogP contribution in [0.5, 0.6) is 0 Å². The standard InChI is InChI=1S/C14H12N4S2/c15-13-17-10-7-4-8-11(12(10)20-13)18-14(19)16-9-5-2-1-3-6-9/h1-8H,(H2,15,17)(H2,16,18,19). The SMILES string of the molecule is Nc1nc2cccc(NC(=S)Nc3ccccc3)c2s1. The Bertz CT molecular complexity index is 752. The fraction of sp³-hybridized carbons (Fsp3) is 0. The molecule has 0 radical (unpaired) electrons. The predicted molar refractivity (Wildman–Crippen MR) is 90.3 cm³/mol. The van der Waals surface area contributed by atoms with Crippen LogP contribution in [-0.2, 0) is 0 Å². The van der Waals surface area contributed by atoms with E-state index in [1.165, 1.54) is 11.3 Å². The summed E-state index contributed by atoms with van der Waals surface area (Å²) in [5, 5.41) is 7.41. The Morgan fingerprint density at radius 1 is 1.05 bits per heavy atom. The molecule has 2 aromatic carbocycles. The third kappa shape index (κ3) is 2.71. The molecule has 3 aromatic rings. The van der Waals surface area contributed by atoms with Crippen LogP contribution in [0.1, 0.15) is 0 Å². The molecule has 0 bridgehead atoms. The van der Waals surface area contributed by atoms with Crippen LogP contribution in [-0.4, -0.2) is 10.1 Å². The summed E-state index contributed by atoms with van der Waals surface area (Å²) in [5.74, 6) is 0. The van der Waals surface area contributed by atoms with E-state index in [0.717, 1.165) is 21.6 Å². The first-order valence-corrected chi connectivity index (χ1v) is 7.23. The molecule has 0 fully saturated rings. The first-order valence-electron chi connectivity index (χ1n) is 6.00. The Hall–Kier alpha value is -2.18. The van der Waals surface area contributed by atoms with Gasteiger partial charge in [-0.25, -0.2) is 4.98 Å². The number of thiocarbonyl (C=S) groups is 1. The van der Waals surface area contributed by atoms with Gasteiger partial charge in [0.1, 0.15) is 0 Å². The fourth-order valence-corrected chi connectivity index (χ4v) is 2.90. The first-order chi connectivity index (χ1) is 9.72. The third-order valence-corrected chi connectivity index (χ3v) is 3.85. The van der Waals surface area contributed by atoms with E-state index in [4.69, 9.17) is 18.0 Å². The average molecular weight is 300 g/mol. The number of nitrogen functional groups attached to an aromatic ring is 1. The maximum atomic E-state index is 5.74. The minimum Gasteiger partial charge on any atom is -0.375 e. The van der Waals surface area contributed by atoms with Crippen LogP contribution < -0.4 is 16.4 Å². The normalized spacial score (nSPS) is 10.4. The first kappa shape index (κ1) is 12.8. The summed E-state index contributed by atoms with van der Waals surface area (Å²) in [6.07, 6.45) is 0. The van der Waals surface area contributed by atoms with Crippen molar-refractivity contribution in [2.24, 2.45) is 0 Å². The molecule has 0 amide bonds. The molecule has 1 heterocycles. The second-order valence-corrected chi connectivity index (χ2v) is 5.59. The highest BCUT2D eigenvalue weighted by atomic mass is 32.1. The maximum absolute atomic E-state index is 5.74. The van der Waals surface area contributed by atoms with Gasteiger partial charge in [0.25, 0.3) is 0 Å². The molecule has 4 nitrogen and oxygen atoms in total. The van der Waals surface area contributed by atoms with E-state index >= 15 is 0 Å². The number of thiazole rings is 1. The van der Waals surface area contributed by atoms with Crippen LogP contribution in [0, 0.1) is 0 Å². The van der Waals surface area contributed by atoms with E-state index in [-0.39, 0.29) is 0 Å². The van der Waals surface area contributed by atoms with E-state index in [0.29, 0.717) is 10.2 Å². The number of nitrogens with zero attached hydrogens (tertiary/aromatic N) is 1. The average Bonchev–Trinajstić information content (AvgIpc) is 2.81. The topological polar surface area (TPSA) is 63.0 Å². The fourth-order valence-electron chi connectivity index (χ4n) is 1.87. The Labute approximate surface area is 125 Å². The van der Waals surface area contributed by atoms with Crippen LogP contribution in [0.4, 0.5) is 16.5 Å². The minimum atomic E-state index is 0.538. The van der Waals surface area contributed by atoms with Gasteiger partial charge in [0.15, 0.2) is 10.2 Å². The molecule has 0 aliphatic heterocycles. The van der Waals surface area contributed by atoms with Gasteiger partial charge in [0, 0.05) is 5.69 Å². The van der Waals surface area contributed by atoms with Crippen molar-refractivity contribution in [3.63, 3.8) is 0 Å². The molecule has 0 atom stereocenters. The van der Waals surface area contributed by atoms with Crippen molar-refractivity contribution >= 4 is 55.4 Å². The van der Waals surface area contributed by atoms with Crippen molar-refractivity contribution in [3.8, 4) is 0 Å². The summed E-state index contributed by atoms with van der Waals surface area (Å²) in [6, 6.07) is 15.6. The van der Waals surface area contributed by atoms with Crippen molar-refractivity contribution in [2.75, 3.05) is 16.4 Å². The Balaban J connectivity index is 1.81. The van der Waals surface area contributed by atoms with Crippen LogP contribution in [0.25, 0.3) is 10.2 Å². The van der Waals surface area contributed by atoms with Crippen LogP contribution in [0.15, 0.2) is 48.5 Å². The zero-order valence-electron chi connectivity index (χ0n) is 10.5. The zero-order valence-corrected chi connectivity index (χ0v) is 12.1. The van der Waals surface area contributed by atoms with Crippen LogP contribution in [0.2, 0.25) is 0 Å². The summed E-state index contributed by atoms with van der Waals surface area (Å²) in [6.45, 7) is 0. The lowest BCUT2D eigenvalue weighted by molar-refractivity contribution is 1.49. The molecule has 0 unspecified atom stereocenters. The van der Waals surface area contributed by atoms with E-state index in [9.17, 15) is 0 Å². The quantitative estimate of drug-likeness (QED) is 0.630. The van der Waals surface area contributed by atoms with E-state index in [1.807, 2.05) is 48.5 Å². The number of nitrogens with two attached hydrogens (primary N) is 1. The van der Waals surface area contributed by atoms with Crippen molar-refractivity contribution in [1.29, 1.82) is 0 Å². The Morgan fingerprint density at radius 3 is 2.65 bits per heavy atom. The minimum absolute atomic E-state index is 0.538. The second kappa shape index (κ2) is 5.44. The third-order valence-electron chi connectivity index (χ3n) is 2.71. The molecule has 0 spiro atoms. The van der Waals surface area contributed by atoms with Gasteiger partial charge in [-0.2, -0.15) is 0 Å². The summed E-state index contributed by atoms with van der Waals surface area (Å²) >= 11 is 6.76. The number of nitrogens with one attached hydrogen (secondary N) is 2. The van der Waals surface area contributed by atoms with Gasteiger partial charge in [-0.15, -0.1) is 0 Å². The predicted octanol–water partition coefficient (Wildman–Crippen LogP) is 3.69. The number of rotatable bonds is 2. The number of para-hydroxylation sites is 1. The molecule has 20 heavy (non-hydrogen) atoms. The molecule has 1 aromatic heterocycles. The Morgan fingerprint density at radius 2 is 1.85 bits per heavy atom. The largest absolute Gasteiger partial charge is 0.375 e. The van der Waals surface area contributed by atoms with E-state index in [2.05, 4.69) is 15.6 Å². The Kier molecular flexibility index (Phi) is 3.49. The van der Waals surface area contributed by atoms with Gasteiger partial charge in [-0.1, -0.05) is 35.6 Å². The highest BCUT2D eigenvalue weighted by molar-refractivity contribution is 7.80. The highest BCUT2D eigenvalue weighted by Gasteiger charge is 2.07. The molecule has 0 aliphatic carbocycles. The molecule has 100 valence electrons. The van der Waals surface area contributed by atoms with Gasteiger partial charge in [0.05, 0.1) is 15.9 Å². The molecule has 3 rings (SSSR count). The number of fused-ring (bicyclic) bond motifs is 1. The van der Waals surface area contributed by atoms with Gasteiger partial charge in [-0.3, -0.25) is 0 Å². The molecule has 0 saturated heterocycles. The van der Waals surface area contributed by atoms with Gasteiger partial charge in [0.2, 0.25) is 0 Å². The summed E-state index contributed by atoms with van der Waals surface area (Å²) in [4.78, 5) is 4.26. The lowest BCUT2D eigenvalue weighted by atomic mass is 10.3. The maximum Gasteiger partial charge on any atom is 0.181 e. The molecular weight excluding hydrogens is 288 g/mol. The van der Waals surface area contributed by atoms with Gasteiger partial charge in [-0.05, 0) is 36.5 Å². The summed E-state index contributed by atoms with van der Waals surface area (Å²) in [5.41, 5.74) is 8.47. The molecule has 0 saturated carbocycles. The van der Waals surface area contributed by atoms with E-state index < -0.39 is 0 Å². The van der Waals surface area contributed by atoms with Crippen molar-refractivity contribution < 1.29 is 0 Å². The van der Waals surface area contributed by atoms with Crippen LogP contribution in [0.3, 0.4) is 0 Å². The summed E-state index contributed by atoms with van der Waals surface area (Å²) in [7, 11) is 0. The molecule has 0 aliphatic rings. The molecule has 4 N–H and O–H groups in total. The van der Waals surface area contributed by atoms with Gasteiger partial charge >= 0.3 is 0 Å². The van der Waals surface area contributed by atoms with Crippen molar-refractivity contribution in [1.82, 2.24) is 4.98 Å². The number of hydrogen-bond donors (Lipinski definition) is 3. The number of hydrogen-bond acceptors (Lipinski definition) is 4. The van der Waals surface area contributed by atoms with E-state index in [1.54, 1.807) is 0 Å². The zero-order chi connectivity index (χ0) is 13.9. The molecule has 6 heteroatoms. The number of anilines is 3. The molecular formula is C14H12N4S2. The number of aromatic nitrogens is 1. The number of benzene rings is 2. The lowest BCUT2D eigenvalue weighted by Crippen LogP contribution is -2.18. The van der Waals surface area contributed by atoms with Crippen molar-refractivity contribution in [3.05, 3.63) is 48.5 Å². The summed E-state index contributed by atoms with van der Waals surface area (Å²) < 4.78 is 1.00. The van der Waals surface area contributed by atoms with Crippen molar-refractivity contribution in [2.45, 2.75) is 0 Å². The second-order valence-electron chi connectivity index (χ2n) is 4.15. The monoisotopic (exact) mass is 300 g/mol. The smallest absolute Gasteiger partial charge is 0.181 e. The van der Waals surface area contributed by atoms with Crippen LogP contribution >= 0.6 is 23.6 Å². The van der Waals surface area contributed by atoms with Gasteiger partial charge < -0.3 is 16.4 Å².